The van der Waals surface area contributed by atoms with Crippen LogP contribution < -0.4 is 15.5 Å². The number of rotatable bonds is 7. The molecule has 0 aliphatic carbocycles. The maximum atomic E-state index is 12.8. The zero-order valence-electron chi connectivity index (χ0n) is 17.8. The average Bonchev–Trinajstić information content (AvgIpc) is 2.76. The fourth-order valence-corrected chi connectivity index (χ4v) is 3.77. The Bertz CT molecular complexity index is 832. The Morgan fingerprint density at radius 1 is 1.10 bits per heavy atom. The molecule has 8 heteroatoms. The molecular weight excluding hydrogens is 405 g/mol. The molecule has 1 fully saturated rings. The number of anilines is 2. The highest BCUT2D eigenvalue weighted by Crippen LogP contribution is 2.30. The molecule has 2 N–H and O–H groups in total. The molecule has 2 heterocycles. The zero-order valence-corrected chi connectivity index (χ0v) is 17.8. The number of halogens is 3. The van der Waals surface area contributed by atoms with Crippen LogP contribution in [0, 0.1) is 11.8 Å². The lowest BCUT2D eigenvalue weighted by molar-refractivity contribution is -0.137. The second-order valence-corrected chi connectivity index (χ2v) is 8.32. The van der Waals surface area contributed by atoms with E-state index < -0.39 is 17.8 Å². The number of nitrogens with one attached hydrogen (secondary N) is 2. The van der Waals surface area contributed by atoms with Gasteiger partial charge in [-0.05, 0) is 61.1 Å². The van der Waals surface area contributed by atoms with Gasteiger partial charge in [-0.3, -0.25) is 9.78 Å². The summed E-state index contributed by atoms with van der Waals surface area (Å²) < 4.78 is 38.2. The van der Waals surface area contributed by atoms with E-state index in [1.165, 1.54) is 12.1 Å². The molecule has 5 nitrogen and oxygen atoms in total. The van der Waals surface area contributed by atoms with E-state index in [1.54, 1.807) is 12.4 Å². The summed E-state index contributed by atoms with van der Waals surface area (Å²) in [5, 5.41) is 6.11. The van der Waals surface area contributed by atoms with Crippen LogP contribution in [-0.4, -0.2) is 36.6 Å². The highest BCUT2D eigenvalue weighted by Gasteiger charge is 2.30. The number of amides is 1. The third-order valence-electron chi connectivity index (χ3n) is 5.69. The Balaban J connectivity index is 1.50. The number of alkyl halides is 3. The molecular formula is C23H29F3N4O. The number of pyridine rings is 1. The van der Waals surface area contributed by atoms with E-state index in [0.717, 1.165) is 43.8 Å². The van der Waals surface area contributed by atoms with Crippen LogP contribution in [0.1, 0.15) is 32.3 Å². The standard InChI is InChI=1S/C23H29F3N4O/c1-16(2)21(29-19-5-3-18(4-6-19)23(24,25)26)22(31)28-15-17-9-13-30(14-10-17)20-7-11-27-12-8-20/h3-8,11-12,16-17,21,29H,9-10,13-15H2,1-2H3,(H,28,31)/t21-/m1/s1. The van der Waals surface area contributed by atoms with Gasteiger partial charge in [0.25, 0.3) is 0 Å². The third kappa shape index (κ3) is 6.35. The van der Waals surface area contributed by atoms with Gasteiger partial charge in [0, 0.05) is 43.4 Å². The molecule has 0 saturated carbocycles. The number of piperidine rings is 1. The summed E-state index contributed by atoms with van der Waals surface area (Å²) in [5.41, 5.74) is 0.951. The largest absolute Gasteiger partial charge is 0.416 e. The van der Waals surface area contributed by atoms with Crippen molar-refractivity contribution in [2.24, 2.45) is 11.8 Å². The van der Waals surface area contributed by atoms with Gasteiger partial charge in [-0.15, -0.1) is 0 Å². The number of aromatic nitrogens is 1. The summed E-state index contributed by atoms with van der Waals surface area (Å²) in [7, 11) is 0. The molecule has 3 rings (SSSR count). The maximum Gasteiger partial charge on any atom is 0.416 e. The summed E-state index contributed by atoms with van der Waals surface area (Å²) >= 11 is 0. The van der Waals surface area contributed by atoms with E-state index >= 15 is 0 Å². The van der Waals surface area contributed by atoms with Gasteiger partial charge in [-0.1, -0.05) is 13.8 Å². The second-order valence-electron chi connectivity index (χ2n) is 8.32. The molecule has 1 aliphatic heterocycles. The Kier molecular flexibility index (Phi) is 7.41. The first-order valence-electron chi connectivity index (χ1n) is 10.6. The van der Waals surface area contributed by atoms with Crippen molar-refractivity contribution < 1.29 is 18.0 Å². The fraction of sp³-hybridized carbons (Fsp3) is 0.478. The summed E-state index contributed by atoms with van der Waals surface area (Å²) in [5.74, 6) is 0.253. The van der Waals surface area contributed by atoms with Crippen molar-refractivity contribution in [3.63, 3.8) is 0 Å². The number of benzene rings is 1. The normalized spacial score (nSPS) is 16.3. The molecule has 0 spiro atoms. The van der Waals surface area contributed by atoms with Crippen LogP contribution in [0.2, 0.25) is 0 Å². The lowest BCUT2D eigenvalue weighted by Gasteiger charge is -2.34. The Morgan fingerprint density at radius 2 is 1.71 bits per heavy atom. The molecule has 1 aromatic heterocycles. The lowest BCUT2D eigenvalue weighted by Crippen LogP contribution is -2.46. The maximum absolute atomic E-state index is 12.8. The highest BCUT2D eigenvalue weighted by atomic mass is 19.4. The molecule has 1 atom stereocenters. The number of carbonyl (C=O) groups excluding carboxylic acids is 1. The van der Waals surface area contributed by atoms with Crippen molar-refractivity contribution in [3.8, 4) is 0 Å². The fourth-order valence-electron chi connectivity index (χ4n) is 3.77. The molecule has 0 bridgehead atoms. The van der Waals surface area contributed by atoms with Gasteiger partial charge in [-0.2, -0.15) is 13.2 Å². The molecule has 0 unspecified atom stereocenters. The number of nitrogens with zero attached hydrogens (tertiary/aromatic N) is 2. The molecule has 31 heavy (non-hydrogen) atoms. The van der Waals surface area contributed by atoms with Crippen molar-refractivity contribution in [1.82, 2.24) is 10.3 Å². The zero-order chi connectivity index (χ0) is 22.4. The molecule has 1 amide bonds. The molecule has 2 aromatic rings. The van der Waals surface area contributed by atoms with Gasteiger partial charge in [0.2, 0.25) is 5.91 Å². The monoisotopic (exact) mass is 434 g/mol. The quantitative estimate of drug-likeness (QED) is 0.670. The topological polar surface area (TPSA) is 57.3 Å². The van der Waals surface area contributed by atoms with Gasteiger partial charge >= 0.3 is 6.18 Å². The van der Waals surface area contributed by atoms with Gasteiger partial charge in [0.15, 0.2) is 0 Å². The lowest BCUT2D eigenvalue weighted by atomic mass is 9.96. The van der Waals surface area contributed by atoms with Crippen LogP contribution in [0.25, 0.3) is 0 Å². The number of hydrogen-bond acceptors (Lipinski definition) is 4. The molecule has 1 aromatic carbocycles. The van der Waals surface area contributed by atoms with Gasteiger partial charge in [0.05, 0.1) is 5.56 Å². The van der Waals surface area contributed by atoms with Gasteiger partial charge in [0.1, 0.15) is 6.04 Å². The van der Waals surface area contributed by atoms with E-state index in [0.29, 0.717) is 18.2 Å². The first-order valence-corrected chi connectivity index (χ1v) is 10.6. The summed E-state index contributed by atoms with van der Waals surface area (Å²) in [4.78, 5) is 19.1. The van der Waals surface area contributed by atoms with Crippen LogP contribution in [0.5, 0.6) is 0 Å². The van der Waals surface area contributed by atoms with Gasteiger partial charge < -0.3 is 15.5 Å². The van der Waals surface area contributed by atoms with E-state index in [9.17, 15) is 18.0 Å². The van der Waals surface area contributed by atoms with E-state index in [-0.39, 0.29) is 11.8 Å². The SMILES string of the molecule is CC(C)[C@@H](Nc1ccc(C(F)(F)F)cc1)C(=O)NCC1CCN(c2ccncc2)CC1. The minimum Gasteiger partial charge on any atom is -0.373 e. The minimum absolute atomic E-state index is 0.0177. The van der Waals surface area contributed by atoms with E-state index in [4.69, 9.17) is 0 Å². The summed E-state index contributed by atoms with van der Waals surface area (Å²) in [6.45, 7) is 6.29. The molecule has 0 radical (unpaired) electrons. The van der Waals surface area contributed by atoms with E-state index in [1.807, 2.05) is 26.0 Å². The van der Waals surface area contributed by atoms with Crippen molar-refractivity contribution in [2.45, 2.75) is 38.9 Å². The Labute approximate surface area is 181 Å². The van der Waals surface area contributed by atoms with Crippen LogP contribution in [0.3, 0.4) is 0 Å². The number of hydrogen-bond donors (Lipinski definition) is 2. The van der Waals surface area contributed by atoms with Crippen molar-refractivity contribution in [2.75, 3.05) is 29.9 Å². The van der Waals surface area contributed by atoms with Crippen LogP contribution in [0.15, 0.2) is 48.8 Å². The summed E-state index contributed by atoms with van der Waals surface area (Å²) in [6.07, 6.45) is 1.18. The molecule has 168 valence electrons. The third-order valence-corrected chi connectivity index (χ3v) is 5.69. The van der Waals surface area contributed by atoms with Crippen LogP contribution >= 0.6 is 0 Å². The highest BCUT2D eigenvalue weighted by molar-refractivity contribution is 5.84. The predicted molar refractivity (Wildman–Crippen MR) is 116 cm³/mol. The van der Waals surface area contributed by atoms with E-state index in [2.05, 4.69) is 20.5 Å². The van der Waals surface area contributed by atoms with Crippen molar-refractivity contribution >= 4 is 17.3 Å². The Morgan fingerprint density at radius 3 is 2.26 bits per heavy atom. The van der Waals surface area contributed by atoms with Crippen LogP contribution in [-0.2, 0) is 11.0 Å². The Hall–Kier alpha value is -2.77. The van der Waals surface area contributed by atoms with Crippen LogP contribution in [0.4, 0.5) is 24.5 Å². The minimum atomic E-state index is -4.37. The average molecular weight is 435 g/mol. The molecule has 1 saturated heterocycles. The predicted octanol–water partition coefficient (Wildman–Crippen LogP) is 4.57. The van der Waals surface area contributed by atoms with Crippen molar-refractivity contribution in [3.05, 3.63) is 54.4 Å². The molecule has 1 aliphatic rings. The summed E-state index contributed by atoms with van der Waals surface area (Å²) in [6, 6.07) is 8.25. The smallest absolute Gasteiger partial charge is 0.373 e. The van der Waals surface area contributed by atoms with Gasteiger partial charge in [-0.25, -0.2) is 0 Å². The first-order chi connectivity index (χ1) is 14.7. The van der Waals surface area contributed by atoms with Crippen molar-refractivity contribution in [1.29, 1.82) is 0 Å². The first kappa shape index (κ1) is 22.9. The number of carbonyl (C=O) groups is 1. The second kappa shape index (κ2) is 10.0.